The fourth-order valence-electron chi connectivity index (χ4n) is 2.79. The number of rotatable bonds is 7. The van der Waals surface area contributed by atoms with Crippen LogP contribution >= 0.6 is 0 Å². The molecule has 1 atom stereocenters. The van der Waals surface area contributed by atoms with Crippen LogP contribution in [-0.2, 0) is 0 Å². The molecule has 0 bridgehead atoms. The summed E-state index contributed by atoms with van der Waals surface area (Å²) in [5, 5.41) is 23.1. The first-order chi connectivity index (χ1) is 10.2. The predicted octanol–water partition coefficient (Wildman–Crippen LogP) is 2.16. The number of anilines is 2. The van der Waals surface area contributed by atoms with E-state index in [-0.39, 0.29) is 17.2 Å². The first-order valence-corrected chi connectivity index (χ1v) is 7.43. The van der Waals surface area contributed by atoms with Crippen LogP contribution in [0.4, 0.5) is 17.3 Å². The van der Waals surface area contributed by atoms with Gasteiger partial charge in [0.15, 0.2) is 0 Å². The molecule has 2 rings (SSSR count). The molecule has 116 valence electrons. The zero-order valence-electron chi connectivity index (χ0n) is 12.3. The molecule has 1 aliphatic rings. The van der Waals surface area contributed by atoms with Gasteiger partial charge in [-0.3, -0.25) is 10.1 Å². The predicted molar refractivity (Wildman–Crippen MR) is 81.7 cm³/mol. The van der Waals surface area contributed by atoms with E-state index in [1.165, 1.54) is 12.1 Å². The Kier molecular flexibility index (Phi) is 5.32. The molecule has 0 radical (unpaired) electrons. The van der Waals surface area contributed by atoms with Crippen LogP contribution in [0, 0.1) is 10.1 Å². The third kappa shape index (κ3) is 3.81. The molecule has 0 amide bonds. The maximum Gasteiger partial charge on any atom is 0.276 e. The Hall–Kier alpha value is -1.89. The Morgan fingerprint density at radius 2 is 2.38 bits per heavy atom. The maximum absolute atomic E-state index is 11.1. The smallest absolute Gasteiger partial charge is 0.276 e. The van der Waals surface area contributed by atoms with E-state index in [1.807, 2.05) is 6.92 Å². The molecular formula is C14H22N4O3. The molecule has 21 heavy (non-hydrogen) atoms. The van der Waals surface area contributed by atoms with Crippen molar-refractivity contribution in [1.29, 1.82) is 0 Å². The van der Waals surface area contributed by atoms with E-state index >= 15 is 0 Å². The zero-order valence-corrected chi connectivity index (χ0v) is 12.3. The van der Waals surface area contributed by atoms with Gasteiger partial charge in [0.25, 0.3) is 5.69 Å². The fourth-order valence-corrected chi connectivity index (χ4v) is 2.79. The second kappa shape index (κ2) is 7.21. The molecule has 1 aromatic heterocycles. The van der Waals surface area contributed by atoms with Gasteiger partial charge in [-0.2, -0.15) is 0 Å². The Morgan fingerprint density at radius 1 is 1.57 bits per heavy atom. The van der Waals surface area contributed by atoms with Crippen molar-refractivity contribution in [3.05, 3.63) is 22.2 Å². The third-order valence-electron chi connectivity index (χ3n) is 3.73. The summed E-state index contributed by atoms with van der Waals surface area (Å²) in [5.74, 6) is 1.19. The lowest BCUT2D eigenvalue weighted by molar-refractivity contribution is -0.384. The van der Waals surface area contributed by atoms with Crippen molar-refractivity contribution in [3.63, 3.8) is 0 Å². The van der Waals surface area contributed by atoms with Crippen LogP contribution in [0.25, 0.3) is 0 Å². The van der Waals surface area contributed by atoms with Crippen molar-refractivity contribution in [1.82, 2.24) is 4.98 Å². The molecule has 1 fully saturated rings. The number of aliphatic hydroxyl groups is 1. The van der Waals surface area contributed by atoms with Crippen LogP contribution < -0.4 is 10.2 Å². The Bertz CT molecular complexity index is 495. The highest BCUT2D eigenvalue weighted by Crippen LogP contribution is 2.30. The van der Waals surface area contributed by atoms with Crippen molar-refractivity contribution in [2.24, 2.45) is 0 Å². The van der Waals surface area contributed by atoms with E-state index in [9.17, 15) is 10.1 Å². The second-order valence-electron chi connectivity index (χ2n) is 5.21. The van der Waals surface area contributed by atoms with Gasteiger partial charge < -0.3 is 15.3 Å². The first-order valence-electron chi connectivity index (χ1n) is 7.43. The average Bonchev–Trinajstić information content (AvgIpc) is 2.93. The van der Waals surface area contributed by atoms with Gasteiger partial charge in [-0.25, -0.2) is 4.98 Å². The standard InChI is InChI=1S/C14H22N4O3/c1-2-15-13-9-12(18(20)21)10-14(16-13)17-7-3-5-11(17)6-4-8-19/h9-11,19H,2-8H2,1H3,(H,15,16). The topological polar surface area (TPSA) is 91.5 Å². The fraction of sp³-hybridized carbons (Fsp3) is 0.643. The summed E-state index contributed by atoms with van der Waals surface area (Å²) in [4.78, 5) is 17.3. The van der Waals surface area contributed by atoms with Crippen LogP contribution in [0.15, 0.2) is 12.1 Å². The normalized spacial score (nSPS) is 18.0. The van der Waals surface area contributed by atoms with Gasteiger partial charge >= 0.3 is 0 Å². The van der Waals surface area contributed by atoms with Crippen LogP contribution in [0.2, 0.25) is 0 Å². The summed E-state index contributed by atoms with van der Waals surface area (Å²) in [6.45, 7) is 3.63. The van der Waals surface area contributed by atoms with Gasteiger partial charge in [0.1, 0.15) is 11.6 Å². The first kappa shape index (κ1) is 15.5. The molecule has 0 spiro atoms. The van der Waals surface area contributed by atoms with E-state index in [1.54, 1.807) is 0 Å². The third-order valence-corrected chi connectivity index (χ3v) is 3.73. The Balaban J connectivity index is 2.26. The maximum atomic E-state index is 11.1. The molecule has 7 heteroatoms. The summed E-state index contributed by atoms with van der Waals surface area (Å²) >= 11 is 0. The van der Waals surface area contributed by atoms with E-state index in [2.05, 4.69) is 15.2 Å². The summed E-state index contributed by atoms with van der Waals surface area (Å²) in [6, 6.07) is 3.31. The minimum Gasteiger partial charge on any atom is -0.396 e. The molecule has 2 heterocycles. The van der Waals surface area contributed by atoms with Crippen molar-refractivity contribution >= 4 is 17.3 Å². The van der Waals surface area contributed by atoms with Gasteiger partial charge in [0, 0.05) is 25.7 Å². The quantitative estimate of drug-likeness (QED) is 0.591. The number of nitrogens with one attached hydrogen (secondary N) is 1. The molecule has 1 aromatic rings. The molecule has 1 unspecified atom stereocenters. The number of aromatic nitrogens is 1. The number of aliphatic hydroxyl groups excluding tert-OH is 1. The summed E-state index contributed by atoms with van der Waals surface area (Å²) in [5.41, 5.74) is 0.0590. The lowest BCUT2D eigenvalue weighted by Gasteiger charge is -2.26. The molecule has 7 nitrogen and oxygen atoms in total. The minimum atomic E-state index is -0.384. The highest BCUT2D eigenvalue weighted by Gasteiger charge is 2.27. The van der Waals surface area contributed by atoms with E-state index in [0.29, 0.717) is 24.2 Å². The molecule has 0 aromatic carbocycles. The summed E-state index contributed by atoms with van der Waals surface area (Å²) in [6.07, 6.45) is 3.73. The Labute approximate surface area is 124 Å². The van der Waals surface area contributed by atoms with Gasteiger partial charge in [0.05, 0.1) is 17.1 Å². The molecule has 1 aliphatic heterocycles. The lowest BCUT2D eigenvalue weighted by atomic mass is 10.1. The summed E-state index contributed by atoms with van der Waals surface area (Å²) in [7, 11) is 0. The number of nitrogens with zero attached hydrogens (tertiary/aromatic N) is 3. The van der Waals surface area contributed by atoms with Gasteiger partial charge in [-0.1, -0.05) is 0 Å². The largest absolute Gasteiger partial charge is 0.396 e. The SMILES string of the molecule is CCNc1cc([N+](=O)[O-])cc(N2CCCC2CCCO)n1. The molecule has 2 N–H and O–H groups in total. The van der Waals surface area contributed by atoms with E-state index in [4.69, 9.17) is 5.11 Å². The van der Waals surface area contributed by atoms with Crippen molar-refractivity contribution in [2.45, 2.75) is 38.6 Å². The van der Waals surface area contributed by atoms with Crippen LogP contribution in [0.5, 0.6) is 0 Å². The van der Waals surface area contributed by atoms with Crippen LogP contribution in [0.3, 0.4) is 0 Å². The van der Waals surface area contributed by atoms with Gasteiger partial charge in [-0.15, -0.1) is 0 Å². The monoisotopic (exact) mass is 294 g/mol. The highest BCUT2D eigenvalue weighted by molar-refractivity contribution is 5.56. The number of hydrogen-bond acceptors (Lipinski definition) is 6. The Morgan fingerprint density at radius 3 is 3.05 bits per heavy atom. The molecular weight excluding hydrogens is 272 g/mol. The lowest BCUT2D eigenvalue weighted by Crippen LogP contribution is -2.30. The number of pyridine rings is 1. The number of nitro groups is 1. The highest BCUT2D eigenvalue weighted by atomic mass is 16.6. The van der Waals surface area contributed by atoms with Crippen molar-refractivity contribution < 1.29 is 10.0 Å². The van der Waals surface area contributed by atoms with Crippen LogP contribution in [0.1, 0.15) is 32.6 Å². The average molecular weight is 294 g/mol. The van der Waals surface area contributed by atoms with Gasteiger partial charge in [-0.05, 0) is 32.6 Å². The molecule has 1 saturated heterocycles. The van der Waals surface area contributed by atoms with Crippen molar-refractivity contribution in [2.75, 3.05) is 29.9 Å². The van der Waals surface area contributed by atoms with E-state index < -0.39 is 0 Å². The number of hydrogen-bond donors (Lipinski definition) is 2. The minimum absolute atomic E-state index is 0.0590. The second-order valence-corrected chi connectivity index (χ2v) is 5.21. The van der Waals surface area contributed by atoms with Crippen molar-refractivity contribution in [3.8, 4) is 0 Å². The van der Waals surface area contributed by atoms with Crippen LogP contribution in [-0.4, -0.2) is 40.8 Å². The zero-order chi connectivity index (χ0) is 15.2. The molecule has 0 aliphatic carbocycles. The van der Waals surface area contributed by atoms with E-state index in [0.717, 1.165) is 32.2 Å². The molecule has 0 saturated carbocycles. The summed E-state index contributed by atoms with van der Waals surface area (Å²) < 4.78 is 0. The van der Waals surface area contributed by atoms with Gasteiger partial charge in [0.2, 0.25) is 0 Å².